The molecular formula is C16H25N5O3. The van der Waals surface area contributed by atoms with E-state index in [0.717, 1.165) is 38.9 Å². The number of nitrogens with two attached hydrogens (primary N) is 1. The van der Waals surface area contributed by atoms with Crippen LogP contribution >= 0.6 is 0 Å². The van der Waals surface area contributed by atoms with Gasteiger partial charge in [-0.1, -0.05) is 0 Å². The number of aliphatic carboxylic acids is 1. The van der Waals surface area contributed by atoms with Crippen LogP contribution in [-0.2, 0) is 9.53 Å². The quantitative estimate of drug-likeness (QED) is 0.641. The molecule has 1 aromatic heterocycles. The van der Waals surface area contributed by atoms with Crippen molar-refractivity contribution in [2.24, 2.45) is 5.92 Å². The van der Waals surface area contributed by atoms with Crippen molar-refractivity contribution < 1.29 is 14.6 Å². The Bertz CT molecular complexity index is 569. The summed E-state index contributed by atoms with van der Waals surface area (Å²) in [6.07, 6.45) is 6.48. The summed E-state index contributed by atoms with van der Waals surface area (Å²) >= 11 is 0. The zero-order valence-electron chi connectivity index (χ0n) is 13.7. The normalized spacial score (nSPS) is 25.2. The molecule has 1 aliphatic heterocycles. The molecule has 1 aromatic rings. The van der Waals surface area contributed by atoms with Gasteiger partial charge < -0.3 is 26.2 Å². The number of rotatable bonds is 5. The summed E-state index contributed by atoms with van der Waals surface area (Å²) in [5, 5.41) is 15.8. The van der Waals surface area contributed by atoms with Crippen LogP contribution in [0.1, 0.15) is 38.5 Å². The van der Waals surface area contributed by atoms with Gasteiger partial charge in [-0.2, -0.15) is 4.98 Å². The topological polar surface area (TPSA) is 122 Å². The first kappa shape index (κ1) is 16.8. The SMILES string of the molecule is Nc1cnc(NC2CCOCC2)nc1N[C@H]1CC[C@@H](C(=O)O)CC1. The van der Waals surface area contributed by atoms with E-state index in [2.05, 4.69) is 20.6 Å². The van der Waals surface area contributed by atoms with E-state index >= 15 is 0 Å². The van der Waals surface area contributed by atoms with Crippen LogP contribution in [-0.4, -0.2) is 46.3 Å². The Morgan fingerprint density at radius 3 is 2.46 bits per heavy atom. The Kier molecular flexibility index (Phi) is 5.34. The van der Waals surface area contributed by atoms with E-state index in [1.165, 1.54) is 0 Å². The second-order valence-corrected chi connectivity index (χ2v) is 6.56. The summed E-state index contributed by atoms with van der Waals surface area (Å²) in [4.78, 5) is 19.8. The number of ether oxygens (including phenoxy) is 1. The van der Waals surface area contributed by atoms with Crippen LogP contribution in [0, 0.1) is 5.92 Å². The number of nitrogens with zero attached hydrogens (tertiary/aromatic N) is 2. The van der Waals surface area contributed by atoms with E-state index in [-0.39, 0.29) is 12.0 Å². The van der Waals surface area contributed by atoms with Gasteiger partial charge in [0.05, 0.1) is 17.8 Å². The van der Waals surface area contributed by atoms with E-state index in [9.17, 15) is 4.79 Å². The Hall–Kier alpha value is -2.09. The number of carbonyl (C=O) groups is 1. The van der Waals surface area contributed by atoms with Crippen molar-refractivity contribution in [2.75, 3.05) is 29.6 Å². The Morgan fingerprint density at radius 2 is 1.79 bits per heavy atom. The molecule has 0 atom stereocenters. The summed E-state index contributed by atoms with van der Waals surface area (Å²) < 4.78 is 5.35. The van der Waals surface area contributed by atoms with Gasteiger partial charge in [-0.3, -0.25) is 4.79 Å². The standard InChI is InChI=1S/C16H25N5O3/c17-13-9-18-16(20-12-5-7-24-8-6-12)21-14(13)19-11-3-1-10(2-4-11)15(22)23/h9-12H,1-8,17H2,(H,22,23)(H2,18,19,20,21)/t10-,11+. The fraction of sp³-hybridized carbons (Fsp3) is 0.688. The molecule has 0 amide bonds. The first-order chi connectivity index (χ1) is 11.6. The maximum atomic E-state index is 11.0. The van der Waals surface area contributed by atoms with E-state index in [0.29, 0.717) is 36.3 Å². The Morgan fingerprint density at radius 1 is 1.12 bits per heavy atom. The lowest BCUT2D eigenvalue weighted by Crippen LogP contribution is -2.31. The molecule has 0 spiro atoms. The molecule has 8 nitrogen and oxygen atoms in total. The fourth-order valence-electron chi connectivity index (χ4n) is 3.28. The smallest absolute Gasteiger partial charge is 0.306 e. The second kappa shape index (κ2) is 7.65. The van der Waals surface area contributed by atoms with Gasteiger partial charge in [0.25, 0.3) is 0 Å². The zero-order chi connectivity index (χ0) is 16.9. The highest BCUT2D eigenvalue weighted by atomic mass is 16.5. The average Bonchev–Trinajstić information content (AvgIpc) is 2.59. The largest absolute Gasteiger partial charge is 0.481 e. The molecule has 2 aliphatic rings. The number of hydrogen-bond acceptors (Lipinski definition) is 7. The Balaban J connectivity index is 1.58. The number of carboxylic acids is 1. The third-order valence-electron chi connectivity index (χ3n) is 4.79. The van der Waals surface area contributed by atoms with Gasteiger partial charge in [-0.15, -0.1) is 0 Å². The zero-order valence-corrected chi connectivity index (χ0v) is 13.7. The molecule has 2 fully saturated rings. The number of hydrogen-bond donors (Lipinski definition) is 4. The minimum Gasteiger partial charge on any atom is -0.481 e. The molecule has 132 valence electrons. The second-order valence-electron chi connectivity index (χ2n) is 6.56. The van der Waals surface area contributed by atoms with Gasteiger partial charge in [0, 0.05) is 25.3 Å². The average molecular weight is 335 g/mol. The third kappa shape index (κ3) is 4.25. The van der Waals surface area contributed by atoms with Crippen LogP contribution < -0.4 is 16.4 Å². The van der Waals surface area contributed by atoms with Gasteiger partial charge >= 0.3 is 5.97 Å². The first-order valence-corrected chi connectivity index (χ1v) is 8.58. The highest BCUT2D eigenvalue weighted by molar-refractivity contribution is 5.70. The molecule has 3 rings (SSSR count). The first-order valence-electron chi connectivity index (χ1n) is 8.58. The van der Waals surface area contributed by atoms with Gasteiger partial charge in [0.1, 0.15) is 0 Å². The third-order valence-corrected chi connectivity index (χ3v) is 4.79. The van der Waals surface area contributed by atoms with Crippen LogP contribution in [0.25, 0.3) is 0 Å². The molecule has 0 bridgehead atoms. The van der Waals surface area contributed by atoms with Crippen molar-refractivity contribution >= 4 is 23.4 Å². The summed E-state index contributed by atoms with van der Waals surface area (Å²) in [7, 11) is 0. The molecule has 1 aliphatic carbocycles. The summed E-state index contributed by atoms with van der Waals surface area (Å²) in [6.45, 7) is 1.51. The van der Waals surface area contributed by atoms with Crippen molar-refractivity contribution in [3.8, 4) is 0 Å². The molecule has 24 heavy (non-hydrogen) atoms. The monoisotopic (exact) mass is 335 g/mol. The highest BCUT2D eigenvalue weighted by Crippen LogP contribution is 2.28. The van der Waals surface area contributed by atoms with Crippen LogP contribution in [0.3, 0.4) is 0 Å². The van der Waals surface area contributed by atoms with Crippen molar-refractivity contribution in [1.82, 2.24) is 9.97 Å². The van der Waals surface area contributed by atoms with Gasteiger partial charge in [-0.05, 0) is 38.5 Å². The lowest BCUT2D eigenvalue weighted by atomic mass is 9.86. The maximum Gasteiger partial charge on any atom is 0.306 e. The lowest BCUT2D eigenvalue weighted by molar-refractivity contribution is -0.142. The summed E-state index contributed by atoms with van der Waals surface area (Å²) in [6, 6.07) is 0.523. The minimum absolute atomic E-state index is 0.203. The molecule has 5 N–H and O–H groups in total. The maximum absolute atomic E-state index is 11.0. The molecule has 1 saturated carbocycles. The predicted molar refractivity (Wildman–Crippen MR) is 90.9 cm³/mol. The summed E-state index contributed by atoms with van der Waals surface area (Å²) in [5.41, 5.74) is 6.49. The van der Waals surface area contributed by atoms with E-state index < -0.39 is 5.97 Å². The number of carboxylic acid groups (broad SMARTS) is 1. The molecular weight excluding hydrogens is 310 g/mol. The highest BCUT2D eigenvalue weighted by Gasteiger charge is 2.26. The molecule has 1 saturated heterocycles. The van der Waals surface area contributed by atoms with Crippen LogP contribution in [0.2, 0.25) is 0 Å². The molecule has 8 heteroatoms. The van der Waals surface area contributed by atoms with E-state index in [4.69, 9.17) is 15.6 Å². The van der Waals surface area contributed by atoms with Crippen LogP contribution in [0.4, 0.5) is 17.5 Å². The van der Waals surface area contributed by atoms with E-state index in [1.54, 1.807) is 6.20 Å². The molecule has 0 unspecified atom stereocenters. The van der Waals surface area contributed by atoms with Crippen molar-refractivity contribution in [3.63, 3.8) is 0 Å². The lowest BCUT2D eigenvalue weighted by Gasteiger charge is -2.28. The van der Waals surface area contributed by atoms with Gasteiger partial charge in [-0.25, -0.2) is 4.98 Å². The van der Waals surface area contributed by atoms with Crippen LogP contribution in [0.15, 0.2) is 6.20 Å². The minimum atomic E-state index is -0.696. The number of nitrogen functional groups attached to an aromatic ring is 1. The van der Waals surface area contributed by atoms with Crippen molar-refractivity contribution in [2.45, 2.75) is 50.6 Å². The van der Waals surface area contributed by atoms with Crippen molar-refractivity contribution in [3.05, 3.63) is 6.20 Å². The molecule has 2 heterocycles. The predicted octanol–water partition coefficient (Wildman–Crippen LogP) is 1.70. The molecule has 0 aromatic carbocycles. The summed E-state index contributed by atoms with van der Waals surface area (Å²) in [5.74, 6) is 0.269. The Labute approximate surface area is 141 Å². The molecule has 0 radical (unpaired) electrons. The number of nitrogens with one attached hydrogen (secondary N) is 2. The van der Waals surface area contributed by atoms with Crippen LogP contribution in [0.5, 0.6) is 0 Å². The van der Waals surface area contributed by atoms with E-state index in [1.807, 2.05) is 0 Å². The number of anilines is 3. The fourth-order valence-corrected chi connectivity index (χ4v) is 3.28. The van der Waals surface area contributed by atoms with Gasteiger partial charge in [0.15, 0.2) is 5.82 Å². The van der Waals surface area contributed by atoms with Gasteiger partial charge in [0.2, 0.25) is 5.95 Å². The number of aromatic nitrogens is 2. The van der Waals surface area contributed by atoms with Crippen molar-refractivity contribution in [1.29, 1.82) is 0 Å².